The van der Waals surface area contributed by atoms with E-state index in [-0.39, 0.29) is 0 Å². The summed E-state index contributed by atoms with van der Waals surface area (Å²) in [5.41, 5.74) is 14.8. The van der Waals surface area contributed by atoms with E-state index in [4.69, 9.17) is 16.5 Å². The van der Waals surface area contributed by atoms with E-state index < -0.39 is 12.0 Å². The van der Waals surface area contributed by atoms with Gasteiger partial charge in [-0.2, -0.15) is 0 Å². The zero-order chi connectivity index (χ0) is 25.2. The van der Waals surface area contributed by atoms with Crippen molar-refractivity contribution in [2.75, 3.05) is 30.3 Å². The molecule has 0 aliphatic carbocycles. The van der Waals surface area contributed by atoms with Gasteiger partial charge in [0.15, 0.2) is 0 Å². The first-order chi connectivity index (χ1) is 17.4. The third kappa shape index (κ3) is 4.84. The average Bonchev–Trinajstić information content (AvgIpc) is 3.28. The van der Waals surface area contributed by atoms with Crippen LogP contribution in [0.3, 0.4) is 0 Å². The summed E-state index contributed by atoms with van der Waals surface area (Å²) in [6.45, 7) is 4.41. The summed E-state index contributed by atoms with van der Waals surface area (Å²) >= 11 is 1.57. The lowest BCUT2D eigenvalue weighted by atomic mass is 10.0. The molecule has 1 amide bonds. The number of benzene rings is 1. The highest BCUT2D eigenvalue weighted by atomic mass is 32.1. The summed E-state index contributed by atoms with van der Waals surface area (Å²) in [7, 11) is 0. The number of nitrogen functional groups attached to an aromatic ring is 1. The highest BCUT2D eigenvalue weighted by Gasteiger charge is 2.23. The van der Waals surface area contributed by atoms with Crippen LogP contribution in [0.1, 0.15) is 53.8 Å². The van der Waals surface area contributed by atoms with Gasteiger partial charge in [0.1, 0.15) is 22.8 Å². The zero-order valence-electron chi connectivity index (χ0n) is 20.3. The number of nitrogens with zero attached hydrogens (tertiary/aromatic N) is 4. The van der Waals surface area contributed by atoms with Gasteiger partial charge in [-0.1, -0.05) is 25.5 Å². The number of nitrogens with one attached hydrogen (secondary N) is 1. The van der Waals surface area contributed by atoms with E-state index in [2.05, 4.69) is 33.2 Å². The summed E-state index contributed by atoms with van der Waals surface area (Å²) in [5.74, 6) is 1.03. The molecule has 3 aromatic heterocycles. The van der Waals surface area contributed by atoms with Crippen molar-refractivity contribution < 1.29 is 9.90 Å². The molecule has 4 heterocycles. The second-order valence-electron chi connectivity index (χ2n) is 9.28. The number of primary amides is 1. The van der Waals surface area contributed by atoms with Gasteiger partial charge in [-0.15, -0.1) is 11.3 Å². The summed E-state index contributed by atoms with van der Waals surface area (Å²) in [6.07, 6.45) is 4.79. The number of fused-ring (bicyclic) bond motifs is 3. The second kappa shape index (κ2) is 10.3. The third-order valence-corrected chi connectivity index (χ3v) is 7.93. The van der Waals surface area contributed by atoms with Crippen molar-refractivity contribution in [1.29, 1.82) is 0 Å². The van der Waals surface area contributed by atoms with Crippen molar-refractivity contribution in [1.82, 2.24) is 20.3 Å². The number of amides is 1. The average molecular weight is 506 g/mol. The Bertz CT molecular complexity index is 1380. The maximum atomic E-state index is 11.2. The molecule has 1 fully saturated rings. The van der Waals surface area contributed by atoms with Gasteiger partial charge < -0.3 is 26.8 Å². The number of carbonyl (C=O) groups is 1. The highest BCUT2D eigenvalue weighted by Crippen LogP contribution is 2.38. The van der Waals surface area contributed by atoms with Crippen LogP contribution in [0.4, 0.5) is 11.6 Å². The number of hydrogen-bond acceptors (Lipinski definition) is 9. The number of nitrogens with two attached hydrogens (primary N) is 2. The number of carbonyl (C=O) groups excluding carboxylic acids is 1. The molecule has 0 spiro atoms. The first-order valence-corrected chi connectivity index (χ1v) is 13.1. The van der Waals surface area contributed by atoms with Crippen molar-refractivity contribution in [3.63, 3.8) is 0 Å². The number of piperidine rings is 1. The van der Waals surface area contributed by atoms with Gasteiger partial charge in [-0.05, 0) is 48.6 Å². The quantitative estimate of drug-likeness (QED) is 0.286. The molecule has 6 N–H and O–H groups in total. The standard InChI is InChI=1S/C26H31N7O2S/c1-2-3-17-12-20(32-26-21(17)22-23(36-26)24(27)31-14-30-22)33-10-8-18(9-11-33)29-13-19(34)15-4-6-16(7-5-15)25(28)35/h4-7,12,14,18-19,29,34H,2-3,8-11,13H2,1H3,(H2,28,35)(H2,27,30,31). The molecular weight excluding hydrogens is 474 g/mol. The van der Waals surface area contributed by atoms with E-state index in [9.17, 15) is 9.90 Å². The normalized spacial score (nSPS) is 15.6. The van der Waals surface area contributed by atoms with Crippen LogP contribution in [0, 0.1) is 0 Å². The molecular formula is C26H31N7O2S. The van der Waals surface area contributed by atoms with E-state index in [1.165, 1.54) is 11.9 Å². The van der Waals surface area contributed by atoms with Gasteiger partial charge in [-0.3, -0.25) is 4.79 Å². The number of rotatable bonds is 8. The van der Waals surface area contributed by atoms with Gasteiger partial charge in [0, 0.05) is 36.6 Å². The van der Waals surface area contributed by atoms with Crippen LogP contribution in [0.15, 0.2) is 36.7 Å². The predicted octanol–water partition coefficient (Wildman–Crippen LogP) is 3.17. The molecule has 5 rings (SSSR count). The lowest BCUT2D eigenvalue weighted by Gasteiger charge is -2.34. The van der Waals surface area contributed by atoms with Crippen LogP contribution in [0.5, 0.6) is 0 Å². The minimum absolute atomic E-state index is 0.319. The van der Waals surface area contributed by atoms with Crippen molar-refractivity contribution in [3.8, 4) is 0 Å². The number of aliphatic hydroxyl groups excluding tert-OH is 1. The Labute approximate surface area is 213 Å². The number of hydrogen-bond donors (Lipinski definition) is 4. The Morgan fingerprint density at radius 3 is 2.69 bits per heavy atom. The molecule has 1 unspecified atom stereocenters. The highest BCUT2D eigenvalue weighted by molar-refractivity contribution is 7.26. The fourth-order valence-electron chi connectivity index (χ4n) is 4.85. The summed E-state index contributed by atoms with van der Waals surface area (Å²) < 4.78 is 0.903. The molecule has 1 aliphatic rings. The van der Waals surface area contributed by atoms with Crippen LogP contribution >= 0.6 is 11.3 Å². The van der Waals surface area contributed by atoms with Crippen LogP contribution in [0.25, 0.3) is 20.4 Å². The Kier molecular flexibility index (Phi) is 6.99. The third-order valence-electron chi connectivity index (χ3n) is 6.84. The van der Waals surface area contributed by atoms with Gasteiger partial charge in [0.2, 0.25) is 5.91 Å². The van der Waals surface area contributed by atoms with Gasteiger partial charge >= 0.3 is 0 Å². The van der Waals surface area contributed by atoms with Crippen molar-refractivity contribution in [2.24, 2.45) is 5.73 Å². The minimum atomic E-state index is -0.644. The van der Waals surface area contributed by atoms with Crippen LogP contribution in [-0.2, 0) is 6.42 Å². The van der Waals surface area contributed by atoms with E-state index in [0.717, 1.165) is 70.6 Å². The zero-order valence-corrected chi connectivity index (χ0v) is 21.1. The molecule has 10 heteroatoms. The van der Waals surface area contributed by atoms with Crippen molar-refractivity contribution in [2.45, 2.75) is 44.8 Å². The molecule has 1 aromatic carbocycles. The number of aromatic nitrogens is 3. The molecule has 0 radical (unpaired) electrons. The fraction of sp³-hybridized carbons (Fsp3) is 0.385. The Morgan fingerprint density at radius 1 is 1.25 bits per heavy atom. The second-order valence-corrected chi connectivity index (χ2v) is 10.3. The number of aryl methyl sites for hydroxylation is 1. The fourth-order valence-corrected chi connectivity index (χ4v) is 5.93. The summed E-state index contributed by atoms with van der Waals surface area (Å²) in [5, 5.41) is 15.2. The molecule has 0 saturated carbocycles. The molecule has 188 valence electrons. The molecule has 36 heavy (non-hydrogen) atoms. The van der Waals surface area contributed by atoms with Gasteiger partial charge in [0.25, 0.3) is 0 Å². The van der Waals surface area contributed by atoms with Gasteiger partial charge in [0.05, 0.1) is 16.3 Å². The maximum Gasteiger partial charge on any atom is 0.248 e. The minimum Gasteiger partial charge on any atom is -0.387 e. The predicted molar refractivity (Wildman–Crippen MR) is 144 cm³/mol. The maximum absolute atomic E-state index is 11.2. The monoisotopic (exact) mass is 505 g/mol. The molecule has 1 atom stereocenters. The Balaban J connectivity index is 1.25. The summed E-state index contributed by atoms with van der Waals surface area (Å²) in [4.78, 5) is 28.2. The van der Waals surface area contributed by atoms with Crippen LogP contribution in [0.2, 0.25) is 0 Å². The van der Waals surface area contributed by atoms with E-state index >= 15 is 0 Å². The molecule has 1 saturated heterocycles. The van der Waals surface area contributed by atoms with E-state index in [0.29, 0.717) is 24.0 Å². The Hall–Kier alpha value is -3.34. The Morgan fingerprint density at radius 2 is 2.00 bits per heavy atom. The number of aliphatic hydroxyl groups is 1. The first kappa shape index (κ1) is 24.4. The SMILES string of the molecule is CCCc1cc(N2CCC(NCC(O)c3ccc(C(N)=O)cc3)CC2)nc2sc3c(N)ncnc3c12. The lowest BCUT2D eigenvalue weighted by molar-refractivity contribution is 0.1000. The van der Waals surface area contributed by atoms with Crippen molar-refractivity contribution >= 4 is 49.3 Å². The van der Waals surface area contributed by atoms with Crippen LogP contribution < -0.4 is 21.7 Å². The van der Waals surface area contributed by atoms with Gasteiger partial charge in [-0.25, -0.2) is 15.0 Å². The lowest BCUT2D eigenvalue weighted by Crippen LogP contribution is -2.44. The largest absolute Gasteiger partial charge is 0.387 e. The number of pyridine rings is 1. The molecule has 9 nitrogen and oxygen atoms in total. The van der Waals surface area contributed by atoms with Crippen LogP contribution in [-0.4, -0.2) is 51.6 Å². The first-order valence-electron chi connectivity index (χ1n) is 12.3. The molecule has 1 aliphatic heterocycles. The molecule has 4 aromatic rings. The number of anilines is 2. The van der Waals surface area contributed by atoms with Crippen molar-refractivity contribution in [3.05, 3.63) is 53.3 Å². The van der Waals surface area contributed by atoms with E-state index in [1.54, 1.807) is 35.6 Å². The van der Waals surface area contributed by atoms with E-state index in [1.807, 2.05) is 0 Å². The molecule has 0 bridgehead atoms. The topological polar surface area (TPSA) is 143 Å². The summed E-state index contributed by atoms with van der Waals surface area (Å²) in [6, 6.07) is 9.32. The smallest absolute Gasteiger partial charge is 0.248 e. The number of thiophene rings is 1.